The third kappa shape index (κ3) is 3.17. The Morgan fingerprint density at radius 2 is 2.11 bits per heavy atom. The molecule has 0 aliphatic heterocycles. The molecule has 0 saturated carbocycles. The summed E-state index contributed by atoms with van der Waals surface area (Å²) < 4.78 is 6.18. The molecule has 0 saturated heterocycles. The lowest BCUT2D eigenvalue weighted by Gasteiger charge is -2.12. The van der Waals surface area contributed by atoms with Crippen molar-refractivity contribution >= 4 is 33.1 Å². The number of benzene rings is 1. The number of methoxy groups -OCH3 is 1. The quantitative estimate of drug-likeness (QED) is 0.900. The molecule has 0 unspecified atom stereocenters. The summed E-state index contributed by atoms with van der Waals surface area (Å²) in [5.74, 6) is 1.14. The minimum atomic E-state index is 0.431. The van der Waals surface area contributed by atoms with Crippen LogP contribution in [0.25, 0.3) is 0 Å². The molecule has 0 aliphatic carbocycles. The number of aromatic nitrogens is 1. The normalized spacial score (nSPS) is 10.3. The fraction of sp³-hybridized carbons (Fsp3) is 0.214. The van der Waals surface area contributed by atoms with Crippen LogP contribution in [0.2, 0.25) is 0 Å². The van der Waals surface area contributed by atoms with Gasteiger partial charge >= 0.3 is 0 Å². The SMILES string of the molecule is CCc1cc(Br)ccc1Nc1ccc(N)c(OC)n1. The molecule has 1 aromatic carbocycles. The van der Waals surface area contributed by atoms with Gasteiger partial charge < -0.3 is 15.8 Å². The molecule has 0 fully saturated rings. The van der Waals surface area contributed by atoms with Crippen molar-refractivity contribution in [3.05, 3.63) is 40.4 Å². The average Bonchev–Trinajstić information content (AvgIpc) is 2.42. The van der Waals surface area contributed by atoms with E-state index >= 15 is 0 Å². The highest BCUT2D eigenvalue weighted by molar-refractivity contribution is 9.10. The zero-order chi connectivity index (χ0) is 13.8. The van der Waals surface area contributed by atoms with Crippen LogP contribution in [0.1, 0.15) is 12.5 Å². The largest absolute Gasteiger partial charge is 0.479 e. The number of hydrogen-bond acceptors (Lipinski definition) is 4. The summed E-state index contributed by atoms with van der Waals surface area (Å²) in [6.45, 7) is 2.12. The number of aryl methyl sites for hydroxylation is 1. The predicted octanol–water partition coefficient (Wildman–Crippen LogP) is 3.74. The number of anilines is 3. The number of rotatable bonds is 4. The summed E-state index contributed by atoms with van der Waals surface area (Å²) in [6.07, 6.45) is 0.938. The van der Waals surface area contributed by atoms with Gasteiger partial charge in [0, 0.05) is 10.2 Å². The number of pyridine rings is 1. The van der Waals surface area contributed by atoms with E-state index in [4.69, 9.17) is 10.5 Å². The number of nitrogens with zero attached hydrogens (tertiary/aromatic N) is 1. The van der Waals surface area contributed by atoms with Crippen LogP contribution in [0.4, 0.5) is 17.2 Å². The molecule has 5 heteroatoms. The Morgan fingerprint density at radius 3 is 2.79 bits per heavy atom. The third-order valence-electron chi connectivity index (χ3n) is 2.79. The molecule has 0 bridgehead atoms. The van der Waals surface area contributed by atoms with Gasteiger partial charge in [-0.25, -0.2) is 0 Å². The van der Waals surface area contributed by atoms with Crippen LogP contribution in [0, 0.1) is 0 Å². The maximum Gasteiger partial charge on any atom is 0.238 e. The molecule has 2 aromatic rings. The number of halogens is 1. The van der Waals surface area contributed by atoms with E-state index in [1.165, 1.54) is 5.56 Å². The van der Waals surface area contributed by atoms with Gasteiger partial charge in [0.05, 0.1) is 12.8 Å². The summed E-state index contributed by atoms with van der Waals surface area (Å²) >= 11 is 3.47. The first-order valence-electron chi connectivity index (χ1n) is 6.00. The van der Waals surface area contributed by atoms with Gasteiger partial charge in [0.2, 0.25) is 5.88 Å². The van der Waals surface area contributed by atoms with E-state index in [2.05, 4.69) is 39.2 Å². The van der Waals surface area contributed by atoms with Crippen LogP contribution in [0.15, 0.2) is 34.8 Å². The fourth-order valence-electron chi connectivity index (χ4n) is 1.80. The van der Waals surface area contributed by atoms with E-state index < -0.39 is 0 Å². The average molecular weight is 322 g/mol. The lowest BCUT2D eigenvalue weighted by molar-refractivity contribution is 0.401. The summed E-state index contributed by atoms with van der Waals surface area (Å²) in [5.41, 5.74) is 8.52. The first-order chi connectivity index (χ1) is 9.13. The molecule has 4 nitrogen and oxygen atoms in total. The summed E-state index contributed by atoms with van der Waals surface area (Å²) in [7, 11) is 1.56. The van der Waals surface area contributed by atoms with E-state index in [9.17, 15) is 0 Å². The van der Waals surface area contributed by atoms with Crippen LogP contribution >= 0.6 is 15.9 Å². The second-order valence-corrected chi connectivity index (χ2v) is 4.99. The Hall–Kier alpha value is -1.75. The number of nitrogens with one attached hydrogen (secondary N) is 1. The van der Waals surface area contributed by atoms with E-state index in [1.54, 1.807) is 13.2 Å². The molecule has 1 heterocycles. The summed E-state index contributed by atoms with van der Waals surface area (Å²) in [5, 5.41) is 3.29. The highest BCUT2D eigenvalue weighted by Gasteiger charge is 2.06. The molecule has 3 N–H and O–H groups in total. The van der Waals surface area contributed by atoms with Crippen molar-refractivity contribution in [2.24, 2.45) is 0 Å². The molecular weight excluding hydrogens is 306 g/mol. The zero-order valence-electron chi connectivity index (χ0n) is 10.9. The summed E-state index contributed by atoms with van der Waals surface area (Å²) in [4.78, 5) is 4.31. The van der Waals surface area contributed by atoms with Crippen LogP contribution in [0.3, 0.4) is 0 Å². The lowest BCUT2D eigenvalue weighted by Crippen LogP contribution is -2.01. The fourth-order valence-corrected chi connectivity index (χ4v) is 2.21. The van der Waals surface area contributed by atoms with Crippen molar-refractivity contribution in [2.75, 3.05) is 18.2 Å². The maximum absolute atomic E-state index is 5.75. The Bertz CT molecular complexity index is 587. The van der Waals surface area contributed by atoms with E-state index in [1.807, 2.05) is 18.2 Å². The molecule has 100 valence electrons. The van der Waals surface area contributed by atoms with Crippen molar-refractivity contribution in [1.29, 1.82) is 0 Å². The van der Waals surface area contributed by atoms with Gasteiger partial charge in [0.15, 0.2) is 0 Å². The molecule has 0 amide bonds. The monoisotopic (exact) mass is 321 g/mol. The van der Waals surface area contributed by atoms with Gasteiger partial charge in [-0.1, -0.05) is 22.9 Å². The second-order valence-electron chi connectivity index (χ2n) is 4.08. The molecule has 0 atom stereocenters. The number of ether oxygens (including phenoxy) is 1. The van der Waals surface area contributed by atoms with E-state index in [0.29, 0.717) is 17.4 Å². The van der Waals surface area contributed by atoms with Gasteiger partial charge in [-0.3, -0.25) is 0 Å². The predicted molar refractivity (Wildman–Crippen MR) is 82.0 cm³/mol. The van der Waals surface area contributed by atoms with Gasteiger partial charge in [0.1, 0.15) is 5.82 Å². The van der Waals surface area contributed by atoms with Gasteiger partial charge in [-0.15, -0.1) is 0 Å². The Morgan fingerprint density at radius 1 is 1.32 bits per heavy atom. The highest BCUT2D eigenvalue weighted by Crippen LogP contribution is 2.26. The van der Waals surface area contributed by atoms with Gasteiger partial charge in [-0.2, -0.15) is 4.98 Å². The first kappa shape index (κ1) is 13.7. The highest BCUT2D eigenvalue weighted by atomic mass is 79.9. The Kier molecular flexibility index (Phi) is 4.27. The van der Waals surface area contributed by atoms with Gasteiger partial charge in [0.25, 0.3) is 0 Å². The molecule has 19 heavy (non-hydrogen) atoms. The smallest absolute Gasteiger partial charge is 0.238 e. The van der Waals surface area contributed by atoms with Crippen molar-refractivity contribution < 1.29 is 4.74 Å². The topological polar surface area (TPSA) is 60.2 Å². The summed E-state index contributed by atoms with van der Waals surface area (Å²) in [6, 6.07) is 9.72. The van der Waals surface area contributed by atoms with Crippen molar-refractivity contribution in [1.82, 2.24) is 4.98 Å². The second kappa shape index (κ2) is 5.93. The standard InChI is InChI=1S/C14H16BrN3O/c1-3-9-8-10(15)4-6-12(9)17-13-7-5-11(16)14(18-13)19-2/h4-8H,3,16H2,1-2H3,(H,17,18). The molecule has 0 spiro atoms. The molecule has 0 radical (unpaired) electrons. The minimum absolute atomic E-state index is 0.431. The number of nitrogen functional groups attached to an aromatic ring is 1. The zero-order valence-corrected chi connectivity index (χ0v) is 12.5. The third-order valence-corrected chi connectivity index (χ3v) is 3.29. The first-order valence-corrected chi connectivity index (χ1v) is 6.79. The maximum atomic E-state index is 5.75. The van der Waals surface area contributed by atoms with Crippen LogP contribution in [-0.2, 0) is 6.42 Å². The number of hydrogen-bond donors (Lipinski definition) is 2. The van der Waals surface area contributed by atoms with Crippen molar-refractivity contribution in [3.8, 4) is 5.88 Å². The molecule has 1 aromatic heterocycles. The lowest BCUT2D eigenvalue weighted by atomic mass is 10.1. The van der Waals surface area contributed by atoms with E-state index in [0.717, 1.165) is 16.6 Å². The minimum Gasteiger partial charge on any atom is -0.479 e. The molecule has 2 rings (SSSR count). The van der Waals surface area contributed by atoms with E-state index in [-0.39, 0.29) is 0 Å². The van der Waals surface area contributed by atoms with Gasteiger partial charge in [-0.05, 0) is 42.3 Å². The van der Waals surface area contributed by atoms with Crippen LogP contribution in [0.5, 0.6) is 5.88 Å². The molecular formula is C14H16BrN3O. The van der Waals surface area contributed by atoms with Crippen molar-refractivity contribution in [2.45, 2.75) is 13.3 Å². The van der Waals surface area contributed by atoms with Crippen LogP contribution in [-0.4, -0.2) is 12.1 Å². The molecule has 0 aliphatic rings. The number of nitrogens with two attached hydrogens (primary N) is 1. The van der Waals surface area contributed by atoms with Crippen LogP contribution < -0.4 is 15.8 Å². The Labute approximate surface area is 121 Å². The van der Waals surface area contributed by atoms with Crippen molar-refractivity contribution in [3.63, 3.8) is 0 Å². The Balaban J connectivity index is 2.30.